The van der Waals surface area contributed by atoms with Crippen LogP contribution in [-0.2, 0) is 9.53 Å². The van der Waals surface area contributed by atoms with Crippen molar-refractivity contribution < 1.29 is 9.53 Å². The summed E-state index contributed by atoms with van der Waals surface area (Å²) in [5, 5.41) is 5.79. The van der Waals surface area contributed by atoms with E-state index in [9.17, 15) is 4.79 Å². The van der Waals surface area contributed by atoms with Gasteiger partial charge in [-0.05, 0) is 13.8 Å². The van der Waals surface area contributed by atoms with Crippen molar-refractivity contribution in [3.63, 3.8) is 0 Å². The Balaban J connectivity index is 2.11. The van der Waals surface area contributed by atoms with E-state index >= 15 is 0 Å². The number of aliphatic imine (C=N–C) groups is 1. The van der Waals surface area contributed by atoms with Gasteiger partial charge in [-0.1, -0.05) is 0 Å². The quantitative estimate of drug-likeness (QED) is 0.747. The van der Waals surface area contributed by atoms with Gasteiger partial charge in [0.25, 0.3) is 5.91 Å². The van der Waals surface area contributed by atoms with Crippen LogP contribution in [0.1, 0.15) is 31.6 Å². The molecule has 1 aliphatic rings. The van der Waals surface area contributed by atoms with Crippen LogP contribution in [0.2, 0.25) is 0 Å². The second-order valence-corrected chi connectivity index (χ2v) is 4.61. The van der Waals surface area contributed by atoms with Gasteiger partial charge in [-0.25, -0.2) is 4.98 Å². The van der Waals surface area contributed by atoms with E-state index in [1.54, 1.807) is 19.6 Å². The minimum atomic E-state index is -0.439. The molecular weight excluding hydrogens is 246 g/mol. The zero-order chi connectivity index (χ0) is 13.8. The third-order valence-electron chi connectivity index (χ3n) is 2.90. The van der Waals surface area contributed by atoms with E-state index in [1.165, 1.54) is 0 Å². The number of hydrogen-bond donors (Lipinski definition) is 2. The van der Waals surface area contributed by atoms with Crippen LogP contribution >= 0.6 is 0 Å². The Morgan fingerprint density at radius 2 is 2.37 bits per heavy atom. The first-order chi connectivity index (χ1) is 9.13. The highest BCUT2D eigenvalue weighted by atomic mass is 16.5. The summed E-state index contributed by atoms with van der Waals surface area (Å²) in [5.74, 6) is 0.377. The number of hydrogen-bond acceptors (Lipinski definition) is 4. The molecule has 7 heteroatoms. The molecule has 7 nitrogen and oxygen atoms in total. The second-order valence-electron chi connectivity index (χ2n) is 4.61. The maximum atomic E-state index is 12.0. The third kappa shape index (κ3) is 2.93. The fourth-order valence-electron chi connectivity index (χ4n) is 1.94. The predicted molar refractivity (Wildman–Crippen MR) is 70.8 cm³/mol. The molecule has 2 rings (SSSR count). The van der Waals surface area contributed by atoms with Crippen molar-refractivity contribution in [1.82, 2.24) is 20.2 Å². The van der Waals surface area contributed by atoms with E-state index in [0.717, 1.165) is 5.69 Å². The topological polar surface area (TPSA) is 80.5 Å². The van der Waals surface area contributed by atoms with Crippen LogP contribution in [0.25, 0.3) is 0 Å². The molecule has 104 valence electrons. The highest BCUT2D eigenvalue weighted by Gasteiger charge is 2.32. The van der Waals surface area contributed by atoms with Crippen LogP contribution in [0.4, 0.5) is 0 Å². The molecule has 2 heterocycles. The molecular formula is C12H19N5O2. The lowest BCUT2D eigenvalue weighted by atomic mass is 10.2. The lowest BCUT2D eigenvalue weighted by molar-refractivity contribution is -0.120. The first kappa shape index (κ1) is 13.5. The Kier molecular flexibility index (Phi) is 4.16. The standard InChI is InChI=1S/C12H19N5O2/c1-8(2)17-7-13-6-9(17)10-11(18)16-12(15-10)14-4-5-19-3/h6-8,10H,4-5H2,1-3H3,(H2,14,15,16,18). The fraction of sp³-hybridized carbons (Fsp3) is 0.583. The fourth-order valence-corrected chi connectivity index (χ4v) is 1.94. The molecule has 1 aromatic heterocycles. The molecule has 0 aliphatic carbocycles. The molecule has 2 N–H and O–H groups in total. The van der Waals surface area contributed by atoms with Gasteiger partial charge in [0.2, 0.25) is 0 Å². The molecule has 0 bridgehead atoms. The molecule has 0 saturated carbocycles. The van der Waals surface area contributed by atoms with Gasteiger partial charge in [-0.2, -0.15) is 0 Å². The number of carbonyl (C=O) groups is 1. The third-order valence-corrected chi connectivity index (χ3v) is 2.90. The monoisotopic (exact) mass is 265 g/mol. The highest BCUT2D eigenvalue weighted by Crippen LogP contribution is 2.19. The van der Waals surface area contributed by atoms with Gasteiger partial charge in [-0.3, -0.25) is 15.1 Å². The van der Waals surface area contributed by atoms with E-state index in [-0.39, 0.29) is 11.9 Å². The number of methoxy groups -OCH3 is 1. The molecule has 1 saturated heterocycles. The summed E-state index contributed by atoms with van der Waals surface area (Å²) in [6.07, 6.45) is 3.43. The Morgan fingerprint density at radius 3 is 3.05 bits per heavy atom. The summed E-state index contributed by atoms with van der Waals surface area (Å²) in [4.78, 5) is 20.3. The maximum absolute atomic E-state index is 12.0. The summed E-state index contributed by atoms with van der Waals surface area (Å²) in [5.41, 5.74) is 0.837. The zero-order valence-electron chi connectivity index (χ0n) is 11.4. The number of rotatable bonds is 5. The Morgan fingerprint density at radius 1 is 1.58 bits per heavy atom. The average Bonchev–Trinajstić information content (AvgIpc) is 2.95. The normalized spacial score (nSPS) is 20.9. The molecule has 1 atom stereocenters. The number of aromatic nitrogens is 2. The molecule has 1 aromatic rings. The van der Waals surface area contributed by atoms with E-state index in [4.69, 9.17) is 4.74 Å². The van der Waals surface area contributed by atoms with Crippen molar-refractivity contribution in [3.05, 3.63) is 18.2 Å². The molecule has 1 aliphatic heterocycles. The molecule has 1 fully saturated rings. The molecule has 0 aromatic carbocycles. The number of guanidine groups is 1. The highest BCUT2D eigenvalue weighted by molar-refractivity contribution is 6.06. The number of ether oxygens (including phenoxy) is 1. The number of imidazole rings is 1. The van der Waals surface area contributed by atoms with E-state index in [1.807, 2.05) is 18.4 Å². The van der Waals surface area contributed by atoms with Crippen LogP contribution in [0.15, 0.2) is 17.5 Å². The number of nitrogens with zero attached hydrogens (tertiary/aromatic N) is 3. The number of amides is 1. The zero-order valence-corrected chi connectivity index (χ0v) is 11.4. The number of carbonyl (C=O) groups excluding carboxylic acids is 1. The van der Waals surface area contributed by atoms with Crippen molar-refractivity contribution in [2.45, 2.75) is 25.9 Å². The van der Waals surface area contributed by atoms with Crippen LogP contribution in [0.5, 0.6) is 0 Å². The van der Waals surface area contributed by atoms with E-state index < -0.39 is 6.04 Å². The van der Waals surface area contributed by atoms with Crippen LogP contribution in [0.3, 0.4) is 0 Å². The van der Waals surface area contributed by atoms with Gasteiger partial charge < -0.3 is 14.6 Å². The van der Waals surface area contributed by atoms with Crippen molar-refractivity contribution in [2.24, 2.45) is 4.99 Å². The Hall–Kier alpha value is -1.89. The molecule has 0 radical (unpaired) electrons. The largest absolute Gasteiger partial charge is 0.383 e. The smallest absolute Gasteiger partial charge is 0.255 e. The summed E-state index contributed by atoms with van der Waals surface area (Å²) in [7, 11) is 1.62. The van der Waals surface area contributed by atoms with Crippen LogP contribution < -0.4 is 10.6 Å². The first-order valence-electron chi connectivity index (χ1n) is 6.26. The molecule has 1 unspecified atom stereocenters. The molecule has 1 amide bonds. The Bertz CT molecular complexity index is 480. The molecule has 19 heavy (non-hydrogen) atoms. The van der Waals surface area contributed by atoms with Gasteiger partial charge in [0.05, 0.1) is 31.4 Å². The second kappa shape index (κ2) is 5.83. The summed E-state index contributed by atoms with van der Waals surface area (Å²) in [6, 6.07) is -0.187. The van der Waals surface area contributed by atoms with Crippen LogP contribution in [-0.4, -0.2) is 41.7 Å². The lowest BCUT2D eigenvalue weighted by Crippen LogP contribution is -2.26. The predicted octanol–water partition coefficient (Wildman–Crippen LogP) is 0.227. The van der Waals surface area contributed by atoms with E-state index in [0.29, 0.717) is 19.1 Å². The summed E-state index contributed by atoms with van der Waals surface area (Å²) in [6.45, 7) is 5.13. The van der Waals surface area contributed by atoms with Gasteiger partial charge >= 0.3 is 0 Å². The average molecular weight is 265 g/mol. The van der Waals surface area contributed by atoms with Crippen LogP contribution in [0, 0.1) is 0 Å². The maximum Gasteiger partial charge on any atom is 0.255 e. The summed E-state index contributed by atoms with van der Waals surface area (Å²) >= 11 is 0. The van der Waals surface area contributed by atoms with Gasteiger partial charge in [0, 0.05) is 13.2 Å². The van der Waals surface area contributed by atoms with Crippen molar-refractivity contribution >= 4 is 11.9 Å². The Labute approximate surface area is 112 Å². The molecule has 0 spiro atoms. The van der Waals surface area contributed by atoms with Crippen molar-refractivity contribution in [3.8, 4) is 0 Å². The lowest BCUT2D eigenvalue weighted by Gasteiger charge is -2.14. The van der Waals surface area contributed by atoms with E-state index in [2.05, 4.69) is 20.6 Å². The minimum Gasteiger partial charge on any atom is -0.383 e. The number of nitrogens with one attached hydrogen (secondary N) is 2. The van der Waals surface area contributed by atoms with Crippen molar-refractivity contribution in [2.75, 3.05) is 20.3 Å². The SMILES string of the molecule is COCCN=C1NC(=O)C(c2cncn2C(C)C)N1. The van der Waals surface area contributed by atoms with Gasteiger partial charge in [-0.15, -0.1) is 0 Å². The first-order valence-corrected chi connectivity index (χ1v) is 6.26. The van der Waals surface area contributed by atoms with Gasteiger partial charge in [0.15, 0.2) is 12.0 Å². The minimum absolute atomic E-state index is 0.112. The summed E-state index contributed by atoms with van der Waals surface area (Å²) < 4.78 is 6.88. The van der Waals surface area contributed by atoms with Crippen molar-refractivity contribution in [1.29, 1.82) is 0 Å². The van der Waals surface area contributed by atoms with Gasteiger partial charge in [0.1, 0.15) is 0 Å².